The van der Waals surface area contributed by atoms with Crippen LogP contribution in [0.1, 0.15) is 26.0 Å². The van der Waals surface area contributed by atoms with Gasteiger partial charge in [0, 0.05) is 22.4 Å². The maximum Gasteiger partial charge on any atom is 0.152 e. The number of hydrogen-bond acceptors (Lipinski definition) is 3. The van der Waals surface area contributed by atoms with Gasteiger partial charge in [0.2, 0.25) is 0 Å². The van der Waals surface area contributed by atoms with Crippen molar-refractivity contribution in [2.45, 2.75) is 32.7 Å². The van der Waals surface area contributed by atoms with Gasteiger partial charge in [0.1, 0.15) is 0 Å². The van der Waals surface area contributed by atoms with E-state index in [1.165, 1.54) is 0 Å². The molecule has 1 atom stereocenters. The van der Waals surface area contributed by atoms with E-state index in [9.17, 15) is 4.79 Å². The van der Waals surface area contributed by atoms with Crippen LogP contribution >= 0.6 is 15.9 Å². The standard InChI is InChI=1S/C12H17BrN2O/c1-3-9(2)14-8-12(16)6-11-5-4-10(13)7-15-11/h4-5,7,9,14H,3,6,8H2,1-2H3. The number of hydrogen-bond donors (Lipinski definition) is 1. The summed E-state index contributed by atoms with van der Waals surface area (Å²) in [4.78, 5) is 15.8. The van der Waals surface area contributed by atoms with E-state index in [4.69, 9.17) is 0 Å². The minimum Gasteiger partial charge on any atom is -0.307 e. The number of carbonyl (C=O) groups is 1. The lowest BCUT2D eigenvalue weighted by molar-refractivity contribution is -0.117. The van der Waals surface area contributed by atoms with Crippen LogP contribution in [-0.2, 0) is 11.2 Å². The van der Waals surface area contributed by atoms with E-state index in [1.54, 1.807) is 6.20 Å². The number of pyridine rings is 1. The summed E-state index contributed by atoms with van der Waals surface area (Å²) in [5, 5.41) is 3.18. The van der Waals surface area contributed by atoms with Gasteiger partial charge in [-0.05, 0) is 41.4 Å². The van der Waals surface area contributed by atoms with Crippen LogP contribution in [0.5, 0.6) is 0 Å². The molecule has 4 heteroatoms. The Labute approximate surface area is 105 Å². The van der Waals surface area contributed by atoms with Crippen LogP contribution in [0.15, 0.2) is 22.8 Å². The quantitative estimate of drug-likeness (QED) is 0.872. The third kappa shape index (κ3) is 4.86. The van der Waals surface area contributed by atoms with Crippen LogP contribution < -0.4 is 5.32 Å². The Bertz CT molecular complexity index is 337. The zero-order chi connectivity index (χ0) is 12.0. The monoisotopic (exact) mass is 284 g/mol. The molecular weight excluding hydrogens is 268 g/mol. The normalized spacial score (nSPS) is 12.4. The van der Waals surface area contributed by atoms with Crippen molar-refractivity contribution in [2.75, 3.05) is 6.54 Å². The number of ketones is 1. The molecule has 0 bridgehead atoms. The van der Waals surface area contributed by atoms with Gasteiger partial charge in [0.05, 0.1) is 13.0 Å². The molecule has 1 rings (SSSR count). The van der Waals surface area contributed by atoms with Gasteiger partial charge in [-0.15, -0.1) is 0 Å². The average Bonchev–Trinajstić information content (AvgIpc) is 2.29. The Morgan fingerprint density at radius 2 is 2.31 bits per heavy atom. The lowest BCUT2D eigenvalue weighted by Gasteiger charge is -2.09. The maximum atomic E-state index is 11.6. The van der Waals surface area contributed by atoms with Crippen LogP contribution in [-0.4, -0.2) is 23.4 Å². The lowest BCUT2D eigenvalue weighted by Crippen LogP contribution is -2.31. The number of carbonyl (C=O) groups excluding carboxylic acids is 1. The third-order valence-corrected chi connectivity index (χ3v) is 2.90. The zero-order valence-electron chi connectivity index (χ0n) is 9.66. The molecule has 1 N–H and O–H groups in total. The van der Waals surface area contributed by atoms with Crippen LogP contribution in [0.3, 0.4) is 0 Å². The molecule has 0 amide bonds. The van der Waals surface area contributed by atoms with Gasteiger partial charge in [0.15, 0.2) is 5.78 Å². The molecule has 0 saturated heterocycles. The molecule has 1 unspecified atom stereocenters. The smallest absolute Gasteiger partial charge is 0.152 e. The molecule has 88 valence electrons. The number of rotatable bonds is 6. The predicted molar refractivity (Wildman–Crippen MR) is 68.4 cm³/mol. The van der Waals surface area contributed by atoms with Gasteiger partial charge < -0.3 is 5.32 Å². The highest BCUT2D eigenvalue weighted by Gasteiger charge is 2.06. The molecule has 0 aliphatic carbocycles. The third-order valence-electron chi connectivity index (χ3n) is 2.43. The molecule has 0 saturated carbocycles. The first-order valence-corrected chi connectivity index (χ1v) is 6.26. The second kappa shape index (κ2) is 6.76. The van der Waals surface area contributed by atoms with Gasteiger partial charge in [0.25, 0.3) is 0 Å². The van der Waals surface area contributed by atoms with Crippen molar-refractivity contribution in [2.24, 2.45) is 0 Å². The van der Waals surface area contributed by atoms with Crippen molar-refractivity contribution in [3.8, 4) is 0 Å². The average molecular weight is 285 g/mol. The molecule has 0 radical (unpaired) electrons. The fraction of sp³-hybridized carbons (Fsp3) is 0.500. The van der Waals surface area contributed by atoms with Crippen molar-refractivity contribution in [1.29, 1.82) is 0 Å². The SMILES string of the molecule is CCC(C)NCC(=O)Cc1ccc(Br)cn1. The highest BCUT2D eigenvalue weighted by atomic mass is 79.9. The van der Waals surface area contributed by atoms with Crippen LogP contribution in [0.4, 0.5) is 0 Å². The highest BCUT2D eigenvalue weighted by molar-refractivity contribution is 9.10. The first-order valence-electron chi connectivity index (χ1n) is 5.47. The van der Waals surface area contributed by atoms with Crippen molar-refractivity contribution < 1.29 is 4.79 Å². The summed E-state index contributed by atoms with van der Waals surface area (Å²) in [6.07, 6.45) is 3.14. The van der Waals surface area contributed by atoms with Gasteiger partial charge in [-0.1, -0.05) is 6.92 Å². The molecule has 1 heterocycles. The lowest BCUT2D eigenvalue weighted by atomic mass is 10.2. The van der Waals surface area contributed by atoms with E-state index >= 15 is 0 Å². The second-order valence-electron chi connectivity index (χ2n) is 3.87. The van der Waals surface area contributed by atoms with Crippen molar-refractivity contribution in [3.63, 3.8) is 0 Å². The first-order chi connectivity index (χ1) is 7.61. The molecular formula is C12H17BrN2O. The minimum absolute atomic E-state index is 0.176. The summed E-state index contributed by atoms with van der Waals surface area (Å²) in [6, 6.07) is 4.16. The topological polar surface area (TPSA) is 42.0 Å². The summed E-state index contributed by atoms with van der Waals surface area (Å²) < 4.78 is 0.932. The fourth-order valence-electron chi connectivity index (χ4n) is 1.21. The van der Waals surface area contributed by atoms with E-state index < -0.39 is 0 Å². The summed E-state index contributed by atoms with van der Waals surface area (Å²) in [5.74, 6) is 0.176. The summed E-state index contributed by atoms with van der Waals surface area (Å²) in [5.41, 5.74) is 0.819. The molecule has 0 fully saturated rings. The number of halogens is 1. The Balaban J connectivity index is 2.37. The van der Waals surface area contributed by atoms with Gasteiger partial charge in [-0.3, -0.25) is 9.78 Å². The maximum absolute atomic E-state index is 11.6. The van der Waals surface area contributed by atoms with E-state index in [1.807, 2.05) is 12.1 Å². The summed E-state index contributed by atoms with van der Waals surface area (Å²) in [6.45, 7) is 4.59. The van der Waals surface area contributed by atoms with Gasteiger partial charge in [-0.25, -0.2) is 0 Å². The molecule has 1 aromatic heterocycles. The number of aromatic nitrogens is 1. The molecule has 0 spiro atoms. The zero-order valence-corrected chi connectivity index (χ0v) is 11.3. The first kappa shape index (κ1) is 13.3. The van der Waals surface area contributed by atoms with E-state index in [-0.39, 0.29) is 5.78 Å². The van der Waals surface area contributed by atoms with Crippen molar-refractivity contribution in [1.82, 2.24) is 10.3 Å². The van der Waals surface area contributed by atoms with E-state index in [0.29, 0.717) is 19.0 Å². The number of Topliss-reactive ketones (excluding diaryl/α,β-unsaturated/α-hetero) is 1. The Hall–Kier alpha value is -0.740. The second-order valence-corrected chi connectivity index (χ2v) is 4.79. The fourth-order valence-corrected chi connectivity index (χ4v) is 1.44. The van der Waals surface area contributed by atoms with Crippen LogP contribution in [0.2, 0.25) is 0 Å². The molecule has 0 aliphatic heterocycles. The number of nitrogens with one attached hydrogen (secondary N) is 1. The Morgan fingerprint density at radius 3 is 2.88 bits per heavy atom. The number of nitrogens with zero attached hydrogens (tertiary/aromatic N) is 1. The van der Waals surface area contributed by atoms with Crippen molar-refractivity contribution in [3.05, 3.63) is 28.5 Å². The molecule has 3 nitrogen and oxygen atoms in total. The van der Waals surface area contributed by atoms with Crippen LogP contribution in [0.25, 0.3) is 0 Å². The van der Waals surface area contributed by atoms with E-state index in [0.717, 1.165) is 16.6 Å². The molecule has 16 heavy (non-hydrogen) atoms. The minimum atomic E-state index is 0.176. The molecule has 0 aliphatic rings. The Kier molecular flexibility index (Phi) is 5.63. The summed E-state index contributed by atoms with van der Waals surface area (Å²) in [7, 11) is 0. The highest BCUT2D eigenvalue weighted by Crippen LogP contribution is 2.07. The van der Waals surface area contributed by atoms with Gasteiger partial charge in [-0.2, -0.15) is 0 Å². The van der Waals surface area contributed by atoms with Gasteiger partial charge >= 0.3 is 0 Å². The molecule has 1 aromatic rings. The van der Waals surface area contributed by atoms with Crippen molar-refractivity contribution >= 4 is 21.7 Å². The Morgan fingerprint density at radius 1 is 1.56 bits per heavy atom. The summed E-state index contributed by atoms with van der Waals surface area (Å²) >= 11 is 3.31. The largest absolute Gasteiger partial charge is 0.307 e. The van der Waals surface area contributed by atoms with Crippen LogP contribution in [0, 0.1) is 0 Å². The molecule has 0 aromatic carbocycles. The predicted octanol–water partition coefficient (Wildman–Crippen LogP) is 2.34. The van der Waals surface area contributed by atoms with E-state index in [2.05, 4.69) is 40.1 Å².